The molecular formula is C57H39N3O. The zero-order valence-electron chi connectivity index (χ0n) is 33.8. The van der Waals surface area contributed by atoms with Crippen molar-refractivity contribution in [3.8, 4) is 73.1 Å². The highest BCUT2D eigenvalue weighted by Gasteiger charge is 2.37. The van der Waals surface area contributed by atoms with Crippen LogP contribution in [0.2, 0.25) is 0 Å². The van der Waals surface area contributed by atoms with Crippen LogP contribution in [0.1, 0.15) is 36.1 Å². The molecule has 2 aliphatic rings. The van der Waals surface area contributed by atoms with Crippen LogP contribution in [0.5, 0.6) is 11.5 Å². The summed E-state index contributed by atoms with van der Waals surface area (Å²) >= 11 is 0. The highest BCUT2D eigenvalue weighted by atomic mass is 16.5. The number of aromatic nitrogens is 3. The first-order valence-electron chi connectivity index (χ1n) is 20.9. The molecule has 0 saturated carbocycles. The molecule has 0 atom stereocenters. The minimum atomic E-state index is -0.189. The predicted molar refractivity (Wildman–Crippen MR) is 251 cm³/mol. The van der Waals surface area contributed by atoms with Gasteiger partial charge in [0.05, 0.1) is 22.2 Å². The average Bonchev–Trinajstić information content (AvgIpc) is 3.75. The molecule has 61 heavy (non-hydrogen) atoms. The molecule has 0 fully saturated rings. The Morgan fingerprint density at radius 2 is 1.16 bits per heavy atom. The maximum atomic E-state index is 7.20. The first-order valence-corrected chi connectivity index (χ1v) is 20.9. The summed E-state index contributed by atoms with van der Waals surface area (Å²) in [6.07, 6.45) is 6.36. The molecule has 4 heterocycles. The topological polar surface area (TPSA) is 39.9 Å². The van der Waals surface area contributed by atoms with Crippen LogP contribution < -0.4 is 4.74 Å². The summed E-state index contributed by atoms with van der Waals surface area (Å²) < 4.78 is 9.43. The summed E-state index contributed by atoms with van der Waals surface area (Å²) in [4.78, 5) is 10.1. The number of fused-ring (bicyclic) bond motifs is 12. The Bertz CT molecular complexity index is 3410. The van der Waals surface area contributed by atoms with Gasteiger partial charge in [0.2, 0.25) is 0 Å². The van der Waals surface area contributed by atoms with E-state index in [1.165, 1.54) is 22.3 Å². The molecule has 0 N–H and O–H groups in total. The molecule has 0 radical (unpaired) electrons. The molecule has 4 nitrogen and oxygen atoms in total. The second kappa shape index (κ2) is 13.6. The molecule has 1 aliphatic carbocycles. The van der Waals surface area contributed by atoms with E-state index >= 15 is 0 Å². The zero-order chi connectivity index (χ0) is 40.7. The number of ether oxygens (including phenoxy) is 1. The zero-order valence-corrected chi connectivity index (χ0v) is 33.8. The number of rotatable bonds is 3. The highest BCUT2D eigenvalue weighted by Crippen LogP contribution is 2.53. The first-order chi connectivity index (χ1) is 30.0. The largest absolute Gasteiger partial charge is 0.456 e. The van der Waals surface area contributed by atoms with Crippen molar-refractivity contribution in [1.29, 1.82) is 0 Å². The van der Waals surface area contributed by atoms with Gasteiger partial charge in [-0.15, -0.1) is 0 Å². The predicted octanol–water partition coefficient (Wildman–Crippen LogP) is 14.8. The molecule has 0 saturated heterocycles. The van der Waals surface area contributed by atoms with Crippen molar-refractivity contribution in [3.63, 3.8) is 0 Å². The van der Waals surface area contributed by atoms with E-state index in [2.05, 4.69) is 194 Å². The minimum Gasteiger partial charge on any atom is -0.456 e. The van der Waals surface area contributed by atoms with Gasteiger partial charge < -0.3 is 4.74 Å². The van der Waals surface area contributed by atoms with Crippen molar-refractivity contribution < 1.29 is 4.74 Å². The lowest BCUT2D eigenvalue weighted by atomic mass is 9.81. The van der Waals surface area contributed by atoms with Crippen molar-refractivity contribution in [2.24, 2.45) is 0 Å². The molecular weight excluding hydrogens is 743 g/mol. The molecule has 7 aromatic carbocycles. The third kappa shape index (κ3) is 5.60. The van der Waals surface area contributed by atoms with Gasteiger partial charge in [0, 0.05) is 33.7 Å². The Morgan fingerprint density at radius 3 is 2.02 bits per heavy atom. The number of benzene rings is 7. The lowest BCUT2D eigenvalue weighted by molar-refractivity contribution is 0.484. The van der Waals surface area contributed by atoms with Gasteiger partial charge >= 0.3 is 0 Å². The lowest BCUT2D eigenvalue weighted by Gasteiger charge is -2.23. The smallest absolute Gasteiger partial charge is 0.137 e. The van der Waals surface area contributed by atoms with Crippen molar-refractivity contribution >= 4 is 34.1 Å². The second-order valence-corrected chi connectivity index (χ2v) is 16.6. The summed E-state index contributed by atoms with van der Waals surface area (Å²) in [5.41, 5.74) is 18.8. The van der Waals surface area contributed by atoms with E-state index < -0.39 is 0 Å². The normalized spacial score (nSPS) is 13.8. The van der Waals surface area contributed by atoms with Crippen LogP contribution in [0.4, 0.5) is 0 Å². The van der Waals surface area contributed by atoms with Gasteiger partial charge in [0.15, 0.2) is 0 Å². The van der Waals surface area contributed by atoms with Crippen LogP contribution in [0.25, 0.3) is 95.7 Å². The lowest BCUT2D eigenvalue weighted by Crippen LogP contribution is -2.15. The van der Waals surface area contributed by atoms with Crippen LogP contribution >= 0.6 is 0 Å². The Kier molecular flexibility index (Phi) is 7.85. The Hall–Kier alpha value is -7.82. The maximum absolute atomic E-state index is 7.20. The van der Waals surface area contributed by atoms with Gasteiger partial charge in [-0.2, -0.15) is 0 Å². The molecule has 12 rings (SSSR count). The van der Waals surface area contributed by atoms with E-state index in [9.17, 15) is 0 Å². The molecule has 3 aromatic heterocycles. The van der Waals surface area contributed by atoms with Crippen LogP contribution in [-0.4, -0.2) is 14.5 Å². The van der Waals surface area contributed by atoms with Gasteiger partial charge in [0.25, 0.3) is 0 Å². The molecule has 0 spiro atoms. The molecule has 4 heteroatoms. The van der Waals surface area contributed by atoms with E-state index in [1.807, 2.05) is 24.4 Å². The average molecular weight is 782 g/mol. The monoisotopic (exact) mass is 781 g/mol. The third-order valence-electron chi connectivity index (χ3n) is 12.7. The number of pyridine rings is 2. The van der Waals surface area contributed by atoms with Crippen LogP contribution in [-0.2, 0) is 5.41 Å². The third-order valence-corrected chi connectivity index (χ3v) is 12.7. The SMILES string of the molecule is CC1(C)c2ccccc2-c2cc3c(cc21)Oc1ccccc1-c1ccccc1/C=C\c1ccc(-c2ccc4c(c2)c2nc(-c5ccccc5)ccc2n4-c2ccccn2)cc1-3. The van der Waals surface area contributed by atoms with Crippen LogP contribution in [0, 0.1) is 0 Å². The summed E-state index contributed by atoms with van der Waals surface area (Å²) in [7, 11) is 0. The van der Waals surface area contributed by atoms with Crippen molar-refractivity contribution in [3.05, 3.63) is 210 Å². The number of para-hydroxylation sites is 1. The molecule has 0 bridgehead atoms. The summed E-state index contributed by atoms with van der Waals surface area (Å²) in [5, 5.41) is 1.07. The van der Waals surface area contributed by atoms with Crippen LogP contribution in [0.15, 0.2) is 188 Å². The van der Waals surface area contributed by atoms with Gasteiger partial charge in [-0.05, 0) is 116 Å². The van der Waals surface area contributed by atoms with Gasteiger partial charge in [-0.1, -0.05) is 147 Å². The van der Waals surface area contributed by atoms with Crippen molar-refractivity contribution in [1.82, 2.24) is 14.5 Å². The molecule has 0 amide bonds. The van der Waals surface area contributed by atoms with E-state index in [0.717, 1.165) is 95.0 Å². The number of hydrogen-bond donors (Lipinski definition) is 0. The number of nitrogens with zero attached hydrogens (tertiary/aromatic N) is 3. The molecule has 288 valence electrons. The van der Waals surface area contributed by atoms with Crippen molar-refractivity contribution in [2.75, 3.05) is 0 Å². The fraction of sp³-hybridized carbons (Fsp3) is 0.0526. The molecule has 0 unspecified atom stereocenters. The van der Waals surface area contributed by atoms with Crippen LogP contribution in [0.3, 0.4) is 0 Å². The fourth-order valence-corrected chi connectivity index (χ4v) is 9.66. The quantitative estimate of drug-likeness (QED) is 0.179. The van der Waals surface area contributed by atoms with Gasteiger partial charge in [-0.25, -0.2) is 9.97 Å². The minimum absolute atomic E-state index is 0.189. The maximum Gasteiger partial charge on any atom is 0.137 e. The highest BCUT2D eigenvalue weighted by molar-refractivity contribution is 6.09. The Labute approximate surface area is 354 Å². The van der Waals surface area contributed by atoms with E-state index in [4.69, 9.17) is 14.7 Å². The van der Waals surface area contributed by atoms with Gasteiger partial charge in [0.1, 0.15) is 17.3 Å². The summed E-state index contributed by atoms with van der Waals surface area (Å²) in [6.45, 7) is 4.65. The molecule has 1 aliphatic heterocycles. The summed E-state index contributed by atoms with van der Waals surface area (Å²) in [5.74, 6) is 2.52. The Balaban J connectivity index is 1.10. The van der Waals surface area contributed by atoms with E-state index in [1.54, 1.807) is 0 Å². The Morgan fingerprint density at radius 1 is 0.459 bits per heavy atom. The number of hydrogen-bond acceptors (Lipinski definition) is 3. The van der Waals surface area contributed by atoms with Gasteiger partial charge in [-0.3, -0.25) is 4.57 Å². The standard InChI is InChI=1S/C57H39N3O/c1-57(2)48-20-10-8-18-42(48)45-34-46-44-32-39(26-25-37(44)24-23-36-14-6-7-17-41(36)43-19-9-11-21-53(43)61-54(46)35-49(45)57)40-27-29-51-47(33-40)56-52(60(51)55-22-12-13-31-58-55)30-28-50(59-56)38-15-4-3-5-16-38/h3-35H,1-2H3/b24-23-. The van der Waals surface area contributed by atoms with E-state index in [0.29, 0.717) is 0 Å². The van der Waals surface area contributed by atoms with Crippen molar-refractivity contribution in [2.45, 2.75) is 19.3 Å². The molecule has 10 aromatic rings. The first kappa shape index (κ1) is 35.2. The fourth-order valence-electron chi connectivity index (χ4n) is 9.66. The summed E-state index contributed by atoms with van der Waals surface area (Å²) in [6, 6.07) is 64.8. The second-order valence-electron chi connectivity index (χ2n) is 16.6. The van der Waals surface area contributed by atoms with E-state index in [-0.39, 0.29) is 5.41 Å².